The quantitative estimate of drug-likeness (QED) is 0.386. The van der Waals surface area contributed by atoms with E-state index in [1.807, 2.05) is 63.3 Å². The average Bonchev–Trinajstić information content (AvgIpc) is 2.51. The van der Waals surface area contributed by atoms with Gasteiger partial charge in [0.2, 0.25) is 0 Å². The molecule has 0 saturated carbocycles. The molecule has 0 aliphatic carbocycles. The van der Waals surface area contributed by atoms with Gasteiger partial charge in [-0.2, -0.15) is 0 Å². The van der Waals surface area contributed by atoms with Crippen molar-refractivity contribution in [2.24, 2.45) is 5.92 Å². The largest absolute Gasteiger partial charge is 0.455 e. The van der Waals surface area contributed by atoms with E-state index >= 15 is 0 Å². The monoisotopic (exact) mass is 310 g/mol. The van der Waals surface area contributed by atoms with Crippen LogP contribution in [0, 0.1) is 5.92 Å². The van der Waals surface area contributed by atoms with Gasteiger partial charge < -0.3 is 4.74 Å². The zero-order valence-electron chi connectivity index (χ0n) is 14.5. The van der Waals surface area contributed by atoms with E-state index in [-0.39, 0.29) is 11.9 Å². The summed E-state index contributed by atoms with van der Waals surface area (Å²) >= 11 is 0. The molecule has 2 nitrogen and oxygen atoms in total. The molecule has 23 heavy (non-hydrogen) atoms. The molecule has 0 amide bonds. The van der Waals surface area contributed by atoms with Crippen LogP contribution in [-0.4, -0.2) is 11.6 Å². The Hall–Kier alpha value is -2.35. The van der Waals surface area contributed by atoms with E-state index in [4.69, 9.17) is 4.74 Å². The van der Waals surface area contributed by atoms with Crippen LogP contribution >= 0.6 is 0 Å². The van der Waals surface area contributed by atoms with E-state index in [0.717, 1.165) is 11.1 Å². The molecule has 0 saturated heterocycles. The predicted molar refractivity (Wildman–Crippen MR) is 97.9 cm³/mol. The van der Waals surface area contributed by atoms with Crippen molar-refractivity contribution in [3.8, 4) is 0 Å². The standard InChI is InChI=1S/C21H26O2/c1-7-17(4)15-19(14-13-18-11-9-8-10-12-18)21(5,6)23-20(22)16(2)3/h7-15,19H,1-2H2,3-6H3. The van der Waals surface area contributed by atoms with Crippen LogP contribution in [0.5, 0.6) is 0 Å². The molecule has 0 spiro atoms. The van der Waals surface area contributed by atoms with Crippen molar-refractivity contribution in [2.45, 2.75) is 33.3 Å². The smallest absolute Gasteiger partial charge is 0.333 e. The van der Waals surface area contributed by atoms with Gasteiger partial charge in [-0.1, -0.05) is 73.4 Å². The van der Waals surface area contributed by atoms with Crippen molar-refractivity contribution in [3.63, 3.8) is 0 Å². The molecule has 2 heteroatoms. The number of hydrogen-bond acceptors (Lipinski definition) is 2. The van der Waals surface area contributed by atoms with Crippen molar-refractivity contribution in [1.29, 1.82) is 0 Å². The van der Waals surface area contributed by atoms with Gasteiger partial charge in [0, 0.05) is 11.5 Å². The van der Waals surface area contributed by atoms with Crippen LogP contribution in [0.25, 0.3) is 6.08 Å². The third-order valence-electron chi connectivity index (χ3n) is 3.57. The first-order chi connectivity index (χ1) is 10.8. The number of benzene rings is 1. The maximum Gasteiger partial charge on any atom is 0.333 e. The number of carbonyl (C=O) groups is 1. The van der Waals surface area contributed by atoms with E-state index in [0.29, 0.717) is 5.57 Å². The molecule has 0 radical (unpaired) electrons. The maximum atomic E-state index is 11.9. The average molecular weight is 310 g/mol. The number of esters is 1. The molecule has 0 fully saturated rings. The molecule has 1 unspecified atom stereocenters. The van der Waals surface area contributed by atoms with Crippen LogP contribution in [-0.2, 0) is 9.53 Å². The normalized spacial score (nSPS) is 13.7. The first-order valence-electron chi connectivity index (χ1n) is 7.69. The predicted octanol–water partition coefficient (Wildman–Crippen LogP) is 5.35. The van der Waals surface area contributed by atoms with Gasteiger partial charge in [-0.3, -0.25) is 0 Å². The molecule has 1 aromatic carbocycles. The minimum absolute atomic E-state index is 0.0796. The Morgan fingerprint density at radius 2 is 1.83 bits per heavy atom. The fourth-order valence-corrected chi connectivity index (χ4v) is 2.01. The molecule has 0 aliphatic heterocycles. The lowest BCUT2D eigenvalue weighted by Gasteiger charge is -2.31. The van der Waals surface area contributed by atoms with Crippen LogP contribution in [0.1, 0.15) is 33.3 Å². The summed E-state index contributed by atoms with van der Waals surface area (Å²) in [6, 6.07) is 10.0. The van der Waals surface area contributed by atoms with Gasteiger partial charge in [-0.05, 0) is 33.3 Å². The Morgan fingerprint density at radius 3 is 2.35 bits per heavy atom. The minimum Gasteiger partial charge on any atom is -0.455 e. The van der Waals surface area contributed by atoms with Crippen molar-refractivity contribution >= 4 is 12.0 Å². The minimum atomic E-state index is -0.689. The first-order valence-corrected chi connectivity index (χ1v) is 7.69. The Kier molecular flexibility index (Phi) is 6.77. The Bertz CT molecular complexity index is 619. The highest BCUT2D eigenvalue weighted by molar-refractivity contribution is 5.87. The molecule has 0 aliphatic rings. The summed E-state index contributed by atoms with van der Waals surface area (Å²) in [5.74, 6) is -0.457. The summed E-state index contributed by atoms with van der Waals surface area (Å²) in [6.45, 7) is 14.9. The summed E-state index contributed by atoms with van der Waals surface area (Å²) in [6.07, 6.45) is 7.93. The molecular weight excluding hydrogens is 284 g/mol. The lowest BCUT2D eigenvalue weighted by Crippen LogP contribution is -2.35. The Morgan fingerprint density at radius 1 is 1.22 bits per heavy atom. The molecule has 1 atom stereocenters. The number of rotatable bonds is 7. The zero-order valence-corrected chi connectivity index (χ0v) is 14.5. The lowest BCUT2D eigenvalue weighted by molar-refractivity contribution is -0.153. The number of allylic oxidation sites excluding steroid dienone is 2. The summed E-state index contributed by atoms with van der Waals surface area (Å²) in [4.78, 5) is 11.9. The number of carbonyl (C=O) groups excluding carboxylic acids is 1. The van der Waals surface area contributed by atoms with Gasteiger partial charge in [-0.25, -0.2) is 4.79 Å². The molecule has 0 bridgehead atoms. The van der Waals surface area contributed by atoms with Gasteiger partial charge in [0.1, 0.15) is 5.60 Å². The van der Waals surface area contributed by atoms with Crippen LogP contribution in [0.15, 0.2) is 72.9 Å². The molecule has 1 rings (SSSR count). The SMILES string of the molecule is C=CC(C)=CC(C=Cc1ccccc1)C(C)(C)OC(=O)C(=C)C. The third kappa shape index (κ3) is 6.11. The van der Waals surface area contributed by atoms with Gasteiger partial charge in [-0.15, -0.1) is 0 Å². The first kappa shape index (κ1) is 18.7. The van der Waals surface area contributed by atoms with E-state index < -0.39 is 5.60 Å². The number of hydrogen-bond donors (Lipinski definition) is 0. The Labute approximate surface area is 139 Å². The van der Waals surface area contributed by atoms with E-state index in [9.17, 15) is 4.79 Å². The summed E-state index contributed by atoms with van der Waals surface area (Å²) in [7, 11) is 0. The zero-order chi connectivity index (χ0) is 17.5. The van der Waals surface area contributed by atoms with Gasteiger partial charge in [0.15, 0.2) is 0 Å². The second kappa shape index (κ2) is 8.33. The van der Waals surface area contributed by atoms with Gasteiger partial charge >= 0.3 is 5.97 Å². The van der Waals surface area contributed by atoms with Gasteiger partial charge in [0.05, 0.1) is 0 Å². The highest BCUT2D eigenvalue weighted by atomic mass is 16.6. The van der Waals surface area contributed by atoms with Crippen molar-refractivity contribution in [1.82, 2.24) is 0 Å². The summed E-state index contributed by atoms with van der Waals surface area (Å²) in [5, 5.41) is 0. The second-order valence-electron chi connectivity index (χ2n) is 6.18. The topological polar surface area (TPSA) is 26.3 Å². The lowest BCUT2D eigenvalue weighted by atomic mass is 9.88. The fourth-order valence-electron chi connectivity index (χ4n) is 2.01. The molecule has 0 N–H and O–H groups in total. The highest BCUT2D eigenvalue weighted by Crippen LogP contribution is 2.27. The van der Waals surface area contributed by atoms with Crippen LogP contribution < -0.4 is 0 Å². The fraction of sp³-hybridized carbons (Fsp3) is 0.286. The Balaban J connectivity index is 3.09. The highest BCUT2D eigenvalue weighted by Gasteiger charge is 2.30. The third-order valence-corrected chi connectivity index (χ3v) is 3.57. The van der Waals surface area contributed by atoms with Crippen molar-refractivity contribution < 1.29 is 9.53 Å². The van der Waals surface area contributed by atoms with E-state index in [1.54, 1.807) is 13.0 Å². The number of ether oxygens (including phenoxy) is 1. The molecule has 122 valence electrons. The van der Waals surface area contributed by atoms with E-state index in [2.05, 4.69) is 19.2 Å². The summed E-state index contributed by atoms with van der Waals surface area (Å²) in [5.41, 5.74) is 1.84. The second-order valence-corrected chi connectivity index (χ2v) is 6.18. The van der Waals surface area contributed by atoms with Crippen LogP contribution in [0.3, 0.4) is 0 Å². The molecule has 0 heterocycles. The molecule has 0 aromatic heterocycles. The maximum absolute atomic E-state index is 11.9. The van der Waals surface area contributed by atoms with Crippen molar-refractivity contribution in [3.05, 3.63) is 78.4 Å². The van der Waals surface area contributed by atoms with E-state index in [1.165, 1.54) is 0 Å². The molecule has 1 aromatic rings. The van der Waals surface area contributed by atoms with Gasteiger partial charge in [0.25, 0.3) is 0 Å². The summed E-state index contributed by atoms with van der Waals surface area (Å²) < 4.78 is 5.63. The van der Waals surface area contributed by atoms with Crippen LogP contribution in [0.4, 0.5) is 0 Å². The van der Waals surface area contributed by atoms with Crippen LogP contribution in [0.2, 0.25) is 0 Å². The molecular formula is C21H26O2. The van der Waals surface area contributed by atoms with Crippen molar-refractivity contribution in [2.75, 3.05) is 0 Å².